The molecule has 0 amide bonds. The summed E-state index contributed by atoms with van der Waals surface area (Å²) in [4.78, 5) is 9.78. The van der Waals surface area contributed by atoms with E-state index in [0.717, 1.165) is 28.9 Å². The van der Waals surface area contributed by atoms with Crippen LogP contribution >= 0.6 is 12.2 Å². The van der Waals surface area contributed by atoms with Crippen molar-refractivity contribution < 1.29 is 0 Å². The predicted molar refractivity (Wildman–Crippen MR) is 72.8 cm³/mol. The quantitative estimate of drug-likeness (QED) is 0.847. The Kier molecular flexibility index (Phi) is 3.59. The van der Waals surface area contributed by atoms with Gasteiger partial charge in [-0.05, 0) is 58.3 Å². The maximum atomic E-state index is 5.36. The van der Waals surface area contributed by atoms with Crippen molar-refractivity contribution in [2.45, 2.75) is 19.4 Å². The Morgan fingerprint density at radius 2 is 2.29 bits per heavy atom. The number of pyridine rings is 1. The van der Waals surface area contributed by atoms with E-state index in [9.17, 15) is 0 Å². The molecule has 0 fully saturated rings. The SMILES string of the molecule is CC(CCN(C)C)n1c(=S)[nH]c2cccnc21. The summed E-state index contributed by atoms with van der Waals surface area (Å²) in [7, 11) is 4.17. The molecule has 17 heavy (non-hydrogen) atoms. The molecule has 0 saturated heterocycles. The van der Waals surface area contributed by atoms with Crippen molar-refractivity contribution in [3.63, 3.8) is 0 Å². The van der Waals surface area contributed by atoms with E-state index in [2.05, 4.69) is 40.5 Å². The van der Waals surface area contributed by atoms with Gasteiger partial charge in [-0.3, -0.25) is 4.57 Å². The second kappa shape index (κ2) is 4.98. The molecule has 0 saturated carbocycles. The van der Waals surface area contributed by atoms with Gasteiger partial charge in [-0.15, -0.1) is 0 Å². The van der Waals surface area contributed by atoms with Crippen molar-refractivity contribution in [1.29, 1.82) is 0 Å². The zero-order chi connectivity index (χ0) is 12.4. The first-order chi connectivity index (χ1) is 8.09. The molecule has 92 valence electrons. The lowest BCUT2D eigenvalue weighted by Gasteiger charge is -2.16. The lowest BCUT2D eigenvalue weighted by atomic mass is 10.2. The largest absolute Gasteiger partial charge is 0.329 e. The molecule has 5 heteroatoms. The Balaban J connectivity index is 2.34. The highest BCUT2D eigenvalue weighted by Crippen LogP contribution is 2.19. The fourth-order valence-corrected chi connectivity index (χ4v) is 2.32. The van der Waals surface area contributed by atoms with Gasteiger partial charge < -0.3 is 9.88 Å². The van der Waals surface area contributed by atoms with Crippen LogP contribution in [0.2, 0.25) is 0 Å². The molecule has 2 aromatic rings. The molecule has 0 radical (unpaired) electrons. The van der Waals surface area contributed by atoms with Crippen LogP contribution in [0.3, 0.4) is 0 Å². The van der Waals surface area contributed by atoms with Gasteiger partial charge in [0.2, 0.25) is 0 Å². The van der Waals surface area contributed by atoms with Gasteiger partial charge in [-0.1, -0.05) is 0 Å². The van der Waals surface area contributed by atoms with Crippen molar-refractivity contribution in [3.8, 4) is 0 Å². The van der Waals surface area contributed by atoms with Crippen molar-refractivity contribution in [2.75, 3.05) is 20.6 Å². The minimum Gasteiger partial charge on any atom is -0.329 e. The van der Waals surface area contributed by atoms with Gasteiger partial charge in [0.1, 0.15) is 0 Å². The monoisotopic (exact) mass is 250 g/mol. The van der Waals surface area contributed by atoms with E-state index in [1.807, 2.05) is 12.1 Å². The molecule has 2 rings (SSSR count). The normalized spacial score (nSPS) is 13.4. The Morgan fingerprint density at radius 3 is 3.00 bits per heavy atom. The lowest BCUT2D eigenvalue weighted by molar-refractivity contribution is 0.359. The minimum atomic E-state index is 0.355. The van der Waals surface area contributed by atoms with E-state index in [4.69, 9.17) is 12.2 Å². The van der Waals surface area contributed by atoms with Gasteiger partial charge >= 0.3 is 0 Å². The first-order valence-electron chi connectivity index (χ1n) is 5.79. The van der Waals surface area contributed by atoms with E-state index in [-0.39, 0.29) is 0 Å². The van der Waals surface area contributed by atoms with Crippen LogP contribution in [0.25, 0.3) is 11.2 Å². The Labute approximate surface area is 106 Å². The Hall–Kier alpha value is -1.20. The summed E-state index contributed by atoms with van der Waals surface area (Å²) in [5.74, 6) is 0. The number of rotatable bonds is 4. The van der Waals surface area contributed by atoms with Crippen LogP contribution in [0.1, 0.15) is 19.4 Å². The summed E-state index contributed by atoms with van der Waals surface area (Å²) >= 11 is 5.36. The summed E-state index contributed by atoms with van der Waals surface area (Å²) in [6.45, 7) is 3.23. The highest BCUT2D eigenvalue weighted by atomic mass is 32.1. The van der Waals surface area contributed by atoms with Gasteiger partial charge in [0, 0.05) is 12.2 Å². The average Bonchev–Trinajstić information content (AvgIpc) is 2.61. The van der Waals surface area contributed by atoms with Crippen molar-refractivity contribution in [2.24, 2.45) is 0 Å². The number of imidazole rings is 1. The highest BCUT2D eigenvalue weighted by molar-refractivity contribution is 7.71. The molecule has 0 aliphatic carbocycles. The maximum Gasteiger partial charge on any atom is 0.179 e. The van der Waals surface area contributed by atoms with Gasteiger partial charge in [-0.25, -0.2) is 4.98 Å². The van der Waals surface area contributed by atoms with Crippen LogP contribution in [-0.4, -0.2) is 40.1 Å². The standard InChI is InChI=1S/C12H18N4S/c1-9(6-8-15(2)3)16-11-10(14-12(16)17)5-4-7-13-11/h4-5,7,9H,6,8H2,1-3H3,(H,14,17). The van der Waals surface area contributed by atoms with Gasteiger partial charge in [0.25, 0.3) is 0 Å². The van der Waals surface area contributed by atoms with Crippen LogP contribution in [-0.2, 0) is 0 Å². The molecule has 0 aliphatic rings. The van der Waals surface area contributed by atoms with Gasteiger partial charge in [0.15, 0.2) is 10.4 Å². The van der Waals surface area contributed by atoms with Crippen LogP contribution in [0.4, 0.5) is 0 Å². The zero-order valence-corrected chi connectivity index (χ0v) is 11.3. The third kappa shape index (κ3) is 2.56. The predicted octanol–water partition coefficient (Wildman–Crippen LogP) is 2.61. The van der Waals surface area contributed by atoms with E-state index < -0.39 is 0 Å². The smallest absolute Gasteiger partial charge is 0.179 e. The Morgan fingerprint density at radius 1 is 1.53 bits per heavy atom. The summed E-state index contributed by atoms with van der Waals surface area (Å²) in [6, 6.07) is 4.28. The number of fused-ring (bicyclic) bond motifs is 1. The first kappa shape index (κ1) is 12.3. The fourth-order valence-electron chi connectivity index (χ4n) is 1.94. The summed E-state index contributed by atoms with van der Waals surface area (Å²) in [6.07, 6.45) is 2.87. The fraction of sp³-hybridized carbons (Fsp3) is 0.500. The number of nitrogens with one attached hydrogen (secondary N) is 1. The molecule has 2 aromatic heterocycles. The summed E-state index contributed by atoms with van der Waals surface area (Å²) < 4.78 is 2.86. The van der Waals surface area contributed by atoms with Gasteiger partial charge in [0.05, 0.1) is 5.52 Å². The second-order valence-electron chi connectivity index (χ2n) is 4.62. The van der Waals surface area contributed by atoms with Crippen molar-refractivity contribution >= 4 is 23.4 Å². The van der Waals surface area contributed by atoms with E-state index in [1.165, 1.54) is 0 Å². The molecule has 4 nitrogen and oxygen atoms in total. The second-order valence-corrected chi connectivity index (χ2v) is 5.00. The number of nitrogens with zero attached hydrogens (tertiary/aromatic N) is 3. The lowest BCUT2D eigenvalue weighted by Crippen LogP contribution is -2.17. The maximum absolute atomic E-state index is 5.36. The molecule has 1 N–H and O–H groups in total. The molecule has 0 spiro atoms. The third-order valence-electron chi connectivity index (χ3n) is 2.91. The molecular weight excluding hydrogens is 232 g/mol. The number of hydrogen-bond acceptors (Lipinski definition) is 3. The molecule has 1 atom stereocenters. The molecule has 0 aromatic carbocycles. The van der Waals surface area contributed by atoms with E-state index in [1.54, 1.807) is 6.20 Å². The van der Waals surface area contributed by atoms with Crippen LogP contribution in [0.15, 0.2) is 18.3 Å². The minimum absolute atomic E-state index is 0.355. The molecule has 0 aliphatic heterocycles. The molecule has 2 heterocycles. The van der Waals surface area contributed by atoms with Gasteiger partial charge in [-0.2, -0.15) is 0 Å². The topological polar surface area (TPSA) is 36.9 Å². The Bertz CT molecular complexity index is 555. The molecular formula is C12H18N4S. The number of aromatic amines is 1. The van der Waals surface area contributed by atoms with E-state index >= 15 is 0 Å². The zero-order valence-electron chi connectivity index (χ0n) is 10.5. The van der Waals surface area contributed by atoms with Crippen LogP contribution in [0.5, 0.6) is 0 Å². The highest BCUT2D eigenvalue weighted by Gasteiger charge is 2.11. The molecule has 1 unspecified atom stereocenters. The number of hydrogen-bond donors (Lipinski definition) is 1. The summed E-state index contributed by atoms with van der Waals surface area (Å²) in [5, 5.41) is 0. The van der Waals surface area contributed by atoms with E-state index in [0.29, 0.717) is 6.04 Å². The van der Waals surface area contributed by atoms with Crippen molar-refractivity contribution in [3.05, 3.63) is 23.1 Å². The first-order valence-corrected chi connectivity index (χ1v) is 6.20. The number of aromatic nitrogens is 3. The summed E-state index contributed by atoms with van der Waals surface area (Å²) in [5.41, 5.74) is 1.96. The van der Waals surface area contributed by atoms with Crippen LogP contribution < -0.4 is 0 Å². The van der Waals surface area contributed by atoms with Crippen molar-refractivity contribution in [1.82, 2.24) is 19.4 Å². The van der Waals surface area contributed by atoms with Crippen LogP contribution in [0, 0.1) is 4.77 Å². The molecule has 0 bridgehead atoms. The average molecular weight is 250 g/mol. The third-order valence-corrected chi connectivity index (χ3v) is 3.21. The number of H-pyrrole nitrogens is 1.